The van der Waals surface area contributed by atoms with Gasteiger partial charge in [0.2, 0.25) is 0 Å². The van der Waals surface area contributed by atoms with Crippen LogP contribution in [0.5, 0.6) is 5.75 Å². The zero-order valence-electron chi connectivity index (χ0n) is 15.8. The van der Waals surface area contributed by atoms with Gasteiger partial charge >= 0.3 is 0 Å². The molecule has 2 aromatic carbocycles. The van der Waals surface area contributed by atoms with E-state index in [0.29, 0.717) is 6.42 Å². The normalized spacial score (nSPS) is 27.2. The van der Waals surface area contributed by atoms with Crippen LogP contribution in [0.3, 0.4) is 0 Å². The van der Waals surface area contributed by atoms with Crippen LogP contribution in [-0.2, 0) is 16.8 Å². The first-order valence-electron chi connectivity index (χ1n) is 9.33. The molecule has 0 saturated carbocycles. The molecule has 5 heteroatoms. The topological polar surface area (TPSA) is 88.2 Å². The van der Waals surface area contributed by atoms with E-state index in [1.807, 2.05) is 18.2 Å². The molecule has 1 aliphatic heterocycles. The van der Waals surface area contributed by atoms with Crippen LogP contribution in [0.25, 0.3) is 11.1 Å². The molecule has 4 N–H and O–H groups in total. The second-order valence-corrected chi connectivity index (χ2v) is 7.84. The number of carbonyl (C=O) groups is 1. The van der Waals surface area contributed by atoms with Gasteiger partial charge in [-0.05, 0) is 66.6 Å². The molecule has 1 heterocycles. The summed E-state index contributed by atoms with van der Waals surface area (Å²) in [6.45, 7) is 1.62. The molecular weight excluding hydrogens is 338 g/mol. The molecule has 27 heavy (non-hydrogen) atoms. The minimum Gasteiger partial charge on any atom is -0.497 e. The molecule has 0 radical (unpaired) electrons. The maximum absolute atomic E-state index is 12.7. The number of fused-ring (bicyclic) bond motifs is 2. The third kappa shape index (κ3) is 2.82. The van der Waals surface area contributed by atoms with E-state index < -0.39 is 11.1 Å². The van der Waals surface area contributed by atoms with E-state index in [1.165, 1.54) is 5.56 Å². The van der Waals surface area contributed by atoms with Crippen LogP contribution in [0.4, 0.5) is 0 Å². The summed E-state index contributed by atoms with van der Waals surface area (Å²) >= 11 is 0. The lowest BCUT2D eigenvalue weighted by atomic mass is 9.68. The number of ketones is 1. The Hall–Kier alpha value is -2.66. The summed E-state index contributed by atoms with van der Waals surface area (Å²) in [5.41, 5.74) is 8.82. The number of piperidine rings is 1. The van der Waals surface area contributed by atoms with Gasteiger partial charge in [0.05, 0.1) is 12.6 Å². The van der Waals surface area contributed by atoms with Gasteiger partial charge in [-0.1, -0.05) is 24.3 Å². The largest absolute Gasteiger partial charge is 0.497 e. The van der Waals surface area contributed by atoms with Crippen LogP contribution >= 0.6 is 0 Å². The lowest BCUT2D eigenvalue weighted by Gasteiger charge is -2.47. The Kier molecular flexibility index (Phi) is 4.07. The van der Waals surface area contributed by atoms with Crippen molar-refractivity contribution in [3.05, 3.63) is 53.6 Å². The van der Waals surface area contributed by atoms with E-state index in [-0.39, 0.29) is 11.6 Å². The number of benzene rings is 2. The Labute approximate surface area is 159 Å². The van der Waals surface area contributed by atoms with E-state index in [0.717, 1.165) is 41.7 Å². The van der Waals surface area contributed by atoms with Crippen LogP contribution in [0.1, 0.15) is 37.3 Å². The molecule has 140 valence electrons. The average molecular weight is 363 g/mol. The van der Waals surface area contributed by atoms with Crippen molar-refractivity contribution in [1.29, 1.82) is 5.41 Å². The summed E-state index contributed by atoms with van der Waals surface area (Å²) in [6, 6.07) is 14.4. The smallest absolute Gasteiger partial charge is 0.162 e. The Morgan fingerprint density at radius 2 is 1.96 bits per heavy atom. The van der Waals surface area contributed by atoms with Crippen molar-refractivity contribution in [3.8, 4) is 16.9 Å². The number of methoxy groups -OCH3 is 1. The molecule has 2 atom stereocenters. The maximum Gasteiger partial charge on any atom is 0.162 e. The standard InChI is InChI=1S/C22H25N3O2/c1-21(24)19(26)13-22(25-20(21)23)10-4-6-14-8-9-16(12-18(14)22)15-5-3-7-17(11-15)27-2/h3,5,7-9,11-12H,4,6,10,13,24H2,1-2H3,(H2,23,25)/t21?,22-/m0/s1. The molecule has 1 spiro atoms. The lowest BCUT2D eigenvalue weighted by Crippen LogP contribution is -2.68. The first-order valence-corrected chi connectivity index (χ1v) is 9.33. The first-order chi connectivity index (χ1) is 12.9. The summed E-state index contributed by atoms with van der Waals surface area (Å²) in [4.78, 5) is 12.7. The molecule has 0 amide bonds. The number of carbonyl (C=O) groups excluding carboxylic acids is 1. The summed E-state index contributed by atoms with van der Waals surface area (Å²) in [6.07, 6.45) is 3.11. The highest BCUT2D eigenvalue weighted by molar-refractivity contribution is 6.14. The molecule has 5 nitrogen and oxygen atoms in total. The van der Waals surface area contributed by atoms with Crippen molar-refractivity contribution in [2.75, 3.05) is 7.11 Å². The minimum absolute atomic E-state index is 0.0779. The molecule has 2 aliphatic rings. The number of ether oxygens (including phenoxy) is 1. The van der Waals surface area contributed by atoms with Gasteiger partial charge < -0.3 is 15.8 Å². The van der Waals surface area contributed by atoms with Gasteiger partial charge in [-0.15, -0.1) is 0 Å². The van der Waals surface area contributed by atoms with Gasteiger partial charge in [0.15, 0.2) is 5.78 Å². The maximum atomic E-state index is 12.7. The van der Waals surface area contributed by atoms with Gasteiger partial charge in [0, 0.05) is 6.42 Å². The van der Waals surface area contributed by atoms with Crippen LogP contribution in [0.2, 0.25) is 0 Å². The lowest BCUT2D eigenvalue weighted by molar-refractivity contribution is -0.124. The fourth-order valence-corrected chi connectivity index (χ4v) is 4.26. The highest BCUT2D eigenvalue weighted by Gasteiger charge is 2.49. The van der Waals surface area contributed by atoms with E-state index in [1.54, 1.807) is 14.0 Å². The Morgan fingerprint density at radius 1 is 1.19 bits per heavy atom. The molecule has 1 aliphatic carbocycles. The fourth-order valence-electron chi connectivity index (χ4n) is 4.26. The van der Waals surface area contributed by atoms with Crippen molar-refractivity contribution in [3.63, 3.8) is 0 Å². The van der Waals surface area contributed by atoms with Gasteiger partial charge in [-0.3, -0.25) is 10.2 Å². The second-order valence-electron chi connectivity index (χ2n) is 7.84. The highest BCUT2D eigenvalue weighted by Crippen LogP contribution is 2.43. The third-order valence-electron chi connectivity index (χ3n) is 6.00. The minimum atomic E-state index is -1.23. The summed E-state index contributed by atoms with van der Waals surface area (Å²) in [5.74, 6) is 0.843. The van der Waals surface area contributed by atoms with Crippen molar-refractivity contribution >= 4 is 11.6 Å². The molecule has 1 saturated heterocycles. The molecule has 2 aromatic rings. The van der Waals surface area contributed by atoms with Crippen molar-refractivity contribution in [2.24, 2.45) is 5.73 Å². The average Bonchev–Trinajstić information content (AvgIpc) is 2.67. The molecule has 0 bridgehead atoms. The summed E-state index contributed by atoms with van der Waals surface area (Å²) < 4.78 is 5.35. The Balaban J connectivity index is 1.80. The number of amidine groups is 1. The number of nitrogens with two attached hydrogens (primary N) is 1. The van der Waals surface area contributed by atoms with Gasteiger partial charge in [0.25, 0.3) is 0 Å². The predicted molar refractivity (Wildman–Crippen MR) is 106 cm³/mol. The zero-order chi connectivity index (χ0) is 19.2. The number of hydrogen-bond acceptors (Lipinski definition) is 4. The third-order valence-corrected chi connectivity index (χ3v) is 6.00. The van der Waals surface area contributed by atoms with Gasteiger partial charge in [0.1, 0.15) is 17.1 Å². The second kappa shape index (κ2) is 6.20. The van der Waals surface area contributed by atoms with Crippen molar-refractivity contribution < 1.29 is 9.53 Å². The quantitative estimate of drug-likeness (QED) is 0.765. The number of hydrogen-bond donors (Lipinski definition) is 3. The van der Waals surface area contributed by atoms with E-state index in [2.05, 4.69) is 29.6 Å². The summed E-state index contributed by atoms with van der Waals surface area (Å²) in [7, 11) is 1.66. The molecule has 1 unspecified atom stereocenters. The SMILES string of the molecule is COc1cccc(-c2ccc3c(c2)[C@]2(CCC3)CC(=O)C(C)(N)C(=N)N2)c1. The van der Waals surface area contributed by atoms with Crippen molar-refractivity contribution in [1.82, 2.24) is 5.32 Å². The Morgan fingerprint density at radius 3 is 2.70 bits per heavy atom. The van der Waals surface area contributed by atoms with Gasteiger partial charge in [-0.2, -0.15) is 0 Å². The zero-order valence-corrected chi connectivity index (χ0v) is 15.8. The van der Waals surface area contributed by atoms with E-state index >= 15 is 0 Å². The number of rotatable bonds is 2. The van der Waals surface area contributed by atoms with Gasteiger partial charge in [-0.25, -0.2) is 0 Å². The highest BCUT2D eigenvalue weighted by atomic mass is 16.5. The van der Waals surface area contributed by atoms with Crippen LogP contribution < -0.4 is 15.8 Å². The number of aryl methyl sites for hydroxylation is 1. The number of Topliss-reactive ketones (excluding diaryl/α,β-unsaturated/α-hetero) is 1. The first kappa shape index (κ1) is 17.7. The number of nitrogens with one attached hydrogen (secondary N) is 2. The molecule has 0 aromatic heterocycles. The van der Waals surface area contributed by atoms with Crippen LogP contribution in [0, 0.1) is 5.41 Å². The van der Waals surface area contributed by atoms with E-state index in [4.69, 9.17) is 15.9 Å². The Bertz CT molecular complexity index is 913. The molecule has 1 fully saturated rings. The predicted octanol–water partition coefficient (Wildman–Crippen LogP) is 3.15. The monoisotopic (exact) mass is 363 g/mol. The summed E-state index contributed by atoms with van der Waals surface area (Å²) in [5, 5.41) is 11.6. The van der Waals surface area contributed by atoms with Crippen molar-refractivity contribution in [2.45, 2.75) is 43.7 Å². The molecular formula is C22H25N3O2. The molecule has 4 rings (SSSR count). The fraction of sp³-hybridized carbons (Fsp3) is 0.364. The van der Waals surface area contributed by atoms with E-state index in [9.17, 15) is 4.79 Å². The van der Waals surface area contributed by atoms with Crippen LogP contribution in [-0.4, -0.2) is 24.3 Å². The van der Waals surface area contributed by atoms with Crippen LogP contribution in [0.15, 0.2) is 42.5 Å².